The van der Waals surface area contributed by atoms with Gasteiger partial charge in [-0.3, -0.25) is 4.72 Å². The minimum Gasteiger partial charge on any atom is -0.398 e. The Morgan fingerprint density at radius 3 is 2.57 bits per heavy atom. The van der Waals surface area contributed by atoms with Crippen LogP contribution in [0, 0.1) is 17.1 Å². The molecule has 2 aromatic carbocycles. The molecule has 108 valence electrons. The van der Waals surface area contributed by atoms with Gasteiger partial charge in [0.2, 0.25) is 0 Å². The van der Waals surface area contributed by atoms with Crippen LogP contribution in [0.3, 0.4) is 0 Å². The molecule has 0 heterocycles. The Labute approximate surface area is 129 Å². The summed E-state index contributed by atoms with van der Waals surface area (Å²) in [5, 5.41) is 8.74. The lowest BCUT2D eigenvalue weighted by Gasteiger charge is -2.09. The van der Waals surface area contributed by atoms with Crippen molar-refractivity contribution in [3.05, 3.63) is 52.3 Å². The summed E-state index contributed by atoms with van der Waals surface area (Å²) in [6.07, 6.45) is 0. The molecule has 0 atom stereocenters. The molecular weight excluding hydrogens is 361 g/mol. The number of hydrogen-bond donors (Lipinski definition) is 2. The van der Waals surface area contributed by atoms with Gasteiger partial charge in [0.15, 0.2) is 0 Å². The minimum absolute atomic E-state index is 0.201. The van der Waals surface area contributed by atoms with Crippen LogP contribution in [-0.2, 0) is 10.0 Å². The van der Waals surface area contributed by atoms with Crippen LogP contribution in [0.2, 0.25) is 0 Å². The summed E-state index contributed by atoms with van der Waals surface area (Å²) < 4.78 is 40.5. The Morgan fingerprint density at radius 2 is 1.95 bits per heavy atom. The average molecular weight is 370 g/mol. The van der Waals surface area contributed by atoms with Gasteiger partial charge < -0.3 is 5.73 Å². The number of nitrogen functional groups attached to an aromatic ring is 1. The van der Waals surface area contributed by atoms with E-state index in [1.165, 1.54) is 18.2 Å². The molecule has 21 heavy (non-hydrogen) atoms. The molecule has 0 aliphatic rings. The zero-order valence-electron chi connectivity index (χ0n) is 10.5. The molecule has 8 heteroatoms. The quantitative estimate of drug-likeness (QED) is 0.812. The smallest absolute Gasteiger partial charge is 0.261 e. The molecule has 5 nitrogen and oxygen atoms in total. The number of anilines is 2. The third-order valence-electron chi connectivity index (χ3n) is 2.62. The maximum atomic E-state index is 13.2. The molecule has 2 aromatic rings. The van der Waals surface area contributed by atoms with Gasteiger partial charge in [-0.25, -0.2) is 12.8 Å². The number of rotatable bonds is 3. The van der Waals surface area contributed by atoms with Gasteiger partial charge in [-0.15, -0.1) is 0 Å². The molecule has 0 spiro atoms. The number of nitriles is 1. The van der Waals surface area contributed by atoms with Crippen LogP contribution >= 0.6 is 15.9 Å². The number of halogens is 2. The maximum Gasteiger partial charge on any atom is 0.261 e. The third kappa shape index (κ3) is 3.32. The fraction of sp³-hybridized carbons (Fsp3) is 0. The first-order valence-electron chi connectivity index (χ1n) is 5.61. The first-order chi connectivity index (χ1) is 9.83. The maximum absolute atomic E-state index is 13.2. The Bertz CT molecular complexity index is 847. The van der Waals surface area contributed by atoms with Crippen LogP contribution < -0.4 is 10.5 Å². The molecule has 0 amide bonds. The van der Waals surface area contributed by atoms with E-state index in [4.69, 9.17) is 11.0 Å². The van der Waals surface area contributed by atoms with Crippen molar-refractivity contribution in [1.29, 1.82) is 5.26 Å². The predicted octanol–water partition coefficient (Wildman–Crippen LogP) is 2.84. The van der Waals surface area contributed by atoms with Crippen LogP contribution in [0.25, 0.3) is 0 Å². The zero-order chi connectivity index (χ0) is 15.6. The van der Waals surface area contributed by atoms with E-state index >= 15 is 0 Å². The monoisotopic (exact) mass is 369 g/mol. The Kier molecular flexibility index (Phi) is 4.16. The Balaban J connectivity index is 2.38. The lowest BCUT2D eigenvalue weighted by atomic mass is 10.2. The van der Waals surface area contributed by atoms with Crippen LogP contribution in [0.4, 0.5) is 15.8 Å². The van der Waals surface area contributed by atoms with E-state index in [0.717, 1.165) is 18.2 Å². The Morgan fingerprint density at radius 1 is 1.24 bits per heavy atom. The first-order valence-corrected chi connectivity index (χ1v) is 7.88. The van der Waals surface area contributed by atoms with Gasteiger partial charge in [0.05, 0.1) is 16.1 Å². The highest BCUT2D eigenvalue weighted by molar-refractivity contribution is 9.10. The second-order valence-electron chi connectivity index (χ2n) is 4.10. The van der Waals surface area contributed by atoms with E-state index in [2.05, 4.69) is 20.7 Å². The lowest BCUT2D eigenvalue weighted by Crippen LogP contribution is -2.13. The molecule has 0 aliphatic heterocycles. The largest absolute Gasteiger partial charge is 0.398 e. The van der Waals surface area contributed by atoms with E-state index in [1.54, 1.807) is 6.07 Å². The number of hydrogen-bond acceptors (Lipinski definition) is 4. The fourth-order valence-corrected chi connectivity index (χ4v) is 3.02. The standard InChI is InChI=1S/C13H9BrFN3O2S/c14-11-6-9(1-4-13(11)17)18-21(19,20)10-2-3-12(15)8(5-10)7-16/h1-6,18H,17H2. The van der Waals surface area contributed by atoms with Crippen LogP contribution in [0.5, 0.6) is 0 Å². The van der Waals surface area contributed by atoms with Crippen LogP contribution in [-0.4, -0.2) is 8.42 Å². The van der Waals surface area contributed by atoms with Gasteiger partial charge in [0.25, 0.3) is 10.0 Å². The van der Waals surface area contributed by atoms with E-state index in [-0.39, 0.29) is 10.5 Å². The summed E-state index contributed by atoms with van der Waals surface area (Å²) in [6.45, 7) is 0. The number of nitrogens with two attached hydrogens (primary N) is 1. The summed E-state index contributed by atoms with van der Waals surface area (Å²) >= 11 is 3.19. The predicted molar refractivity (Wildman–Crippen MR) is 80.5 cm³/mol. The highest BCUT2D eigenvalue weighted by Gasteiger charge is 2.16. The molecule has 0 saturated carbocycles. The van der Waals surface area contributed by atoms with Gasteiger partial charge in [0, 0.05) is 10.2 Å². The summed E-state index contributed by atoms with van der Waals surface area (Å²) in [4.78, 5) is -0.201. The molecule has 0 radical (unpaired) electrons. The van der Waals surface area contributed by atoms with Crippen molar-refractivity contribution in [2.24, 2.45) is 0 Å². The molecular formula is C13H9BrFN3O2S. The topological polar surface area (TPSA) is 96.0 Å². The molecule has 3 N–H and O–H groups in total. The van der Waals surface area contributed by atoms with E-state index < -0.39 is 15.8 Å². The Hall–Kier alpha value is -2.11. The number of nitrogens with one attached hydrogen (secondary N) is 1. The molecule has 0 unspecified atom stereocenters. The SMILES string of the molecule is N#Cc1cc(S(=O)(=O)Nc2ccc(N)c(Br)c2)ccc1F. The highest BCUT2D eigenvalue weighted by Crippen LogP contribution is 2.25. The third-order valence-corrected chi connectivity index (χ3v) is 4.69. The van der Waals surface area contributed by atoms with Crippen molar-refractivity contribution in [3.8, 4) is 6.07 Å². The van der Waals surface area contributed by atoms with Crippen molar-refractivity contribution in [1.82, 2.24) is 0 Å². The molecule has 0 aliphatic carbocycles. The van der Waals surface area contributed by atoms with Gasteiger partial charge in [-0.1, -0.05) is 0 Å². The van der Waals surface area contributed by atoms with Crippen molar-refractivity contribution in [2.45, 2.75) is 4.90 Å². The van der Waals surface area contributed by atoms with E-state index in [1.807, 2.05) is 0 Å². The normalized spacial score (nSPS) is 10.9. The molecule has 0 fully saturated rings. The minimum atomic E-state index is -3.92. The average Bonchev–Trinajstić information content (AvgIpc) is 2.43. The van der Waals surface area contributed by atoms with Crippen LogP contribution in [0.1, 0.15) is 5.56 Å². The second kappa shape index (κ2) is 5.71. The fourth-order valence-electron chi connectivity index (χ4n) is 1.56. The van der Waals surface area contributed by atoms with Gasteiger partial charge in [-0.05, 0) is 52.3 Å². The first kappa shape index (κ1) is 15.3. The van der Waals surface area contributed by atoms with Gasteiger partial charge in [-0.2, -0.15) is 5.26 Å². The molecule has 0 bridgehead atoms. The number of nitrogens with zero attached hydrogens (tertiary/aromatic N) is 1. The number of benzene rings is 2. The van der Waals surface area contributed by atoms with Crippen molar-refractivity contribution in [3.63, 3.8) is 0 Å². The number of sulfonamides is 1. The molecule has 2 rings (SSSR count). The summed E-state index contributed by atoms with van der Waals surface area (Å²) in [7, 11) is -3.92. The van der Waals surface area contributed by atoms with Crippen LogP contribution in [0.15, 0.2) is 45.8 Å². The van der Waals surface area contributed by atoms with Crippen molar-refractivity contribution < 1.29 is 12.8 Å². The highest BCUT2D eigenvalue weighted by atomic mass is 79.9. The van der Waals surface area contributed by atoms with Crippen molar-refractivity contribution >= 4 is 37.3 Å². The van der Waals surface area contributed by atoms with E-state index in [0.29, 0.717) is 15.8 Å². The molecule has 0 aromatic heterocycles. The summed E-state index contributed by atoms with van der Waals surface area (Å²) in [6, 6.07) is 9.13. The lowest BCUT2D eigenvalue weighted by molar-refractivity contribution is 0.599. The van der Waals surface area contributed by atoms with Gasteiger partial charge >= 0.3 is 0 Å². The van der Waals surface area contributed by atoms with Crippen molar-refractivity contribution in [2.75, 3.05) is 10.5 Å². The summed E-state index contributed by atoms with van der Waals surface area (Å²) in [5.41, 5.74) is 6.03. The second-order valence-corrected chi connectivity index (χ2v) is 6.63. The van der Waals surface area contributed by atoms with Gasteiger partial charge in [0.1, 0.15) is 11.9 Å². The molecule has 0 saturated heterocycles. The van der Waals surface area contributed by atoms with E-state index in [9.17, 15) is 12.8 Å². The summed E-state index contributed by atoms with van der Waals surface area (Å²) in [5.74, 6) is -0.772. The zero-order valence-corrected chi connectivity index (χ0v) is 12.9.